The highest BCUT2D eigenvalue weighted by Gasteiger charge is 2.14. The lowest BCUT2D eigenvalue weighted by Gasteiger charge is -2.15. The lowest BCUT2D eigenvalue weighted by molar-refractivity contribution is -0.384. The zero-order chi connectivity index (χ0) is 22.1. The maximum Gasteiger partial charge on any atom is 0.271 e. The van der Waals surface area contributed by atoms with Crippen molar-refractivity contribution in [2.24, 2.45) is 5.73 Å². The number of amides is 1. The Morgan fingerprint density at radius 2 is 1.90 bits per heavy atom. The van der Waals surface area contributed by atoms with E-state index in [1.54, 1.807) is 18.2 Å². The van der Waals surface area contributed by atoms with E-state index in [4.69, 9.17) is 38.4 Å². The molecule has 0 heterocycles. The number of nitrogens with two attached hydrogens (primary N) is 1. The van der Waals surface area contributed by atoms with E-state index in [1.165, 1.54) is 12.1 Å². The van der Waals surface area contributed by atoms with Crippen LogP contribution in [0.15, 0.2) is 30.3 Å². The van der Waals surface area contributed by atoms with Crippen molar-refractivity contribution in [3.05, 3.63) is 56.1 Å². The van der Waals surface area contributed by atoms with Crippen molar-refractivity contribution < 1.29 is 19.2 Å². The molecule has 1 amide bonds. The lowest BCUT2D eigenvalue weighted by atomic mass is 10.2. The fourth-order valence-corrected chi connectivity index (χ4v) is 3.08. The van der Waals surface area contributed by atoms with E-state index in [9.17, 15) is 14.9 Å². The first-order valence-corrected chi connectivity index (χ1v) is 9.82. The minimum atomic E-state index is -0.611. The zero-order valence-electron chi connectivity index (χ0n) is 16.7. The van der Waals surface area contributed by atoms with Crippen LogP contribution in [-0.4, -0.2) is 37.1 Å². The standard InChI is InChI=1S/C19H22Cl2N4O5.ClH/c1-2-29-17-8-12(7-15(21)19(17)30-11-18(22)26)10-23-5-6-24-16-4-3-13(25(27)28)9-14(16)20;/h3-4,7-9,23-24H,2,5-6,10-11H2,1H3,(H2,22,26);1H. The second kappa shape index (κ2) is 13.1. The summed E-state index contributed by atoms with van der Waals surface area (Å²) in [6.45, 7) is 3.57. The van der Waals surface area contributed by atoms with Gasteiger partial charge in [0.15, 0.2) is 18.1 Å². The van der Waals surface area contributed by atoms with Gasteiger partial charge in [0.1, 0.15) is 0 Å². The molecule has 0 saturated carbocycles. The minimum absolute atomic E-state index is 0. The second-order valence-corrected chi connectivity index (χ2v) is 6.93. The number of rotatable bonds is 12. The van der Waals surface area contributed by atoms with Crippen LogP contribution in [0.2, 0.25) is 10.0 Å². The molecule has 0 spiro atoms. The smallest absolute Gasteiger partial charge is 0.271 e. The Hall–Kier alpha value is -2.46. The summed E-state index contributed by atoms with van der Waals surface area (Å²) in [5, 5.41) is 17.7. The third-order valence-electron chi connectivity index (χ3n) is 3.84. The topological polar surface area (TPSA) is 129 Å². The zero-order valence-corrected chi connectivity index (χ0v) is 19.0. The number of nitro benzene ring substituents is 1. The molecule has 0 unspecified atom stereocenters. The van der Waals surface area contributed by atoms with E-state index in [2.05, 4.69) is 10.6 Å². The Morgan fingerprint density at radius 1 is 1.16 bits per heavy atom. The summed E-state index contributed by atoms with van der Waals surface area (Å²) in [5.74, 6) is 0.0919. The maximum atomic E-state index is 11.0. The molecule has 0 aromatic heterocycles. The number of primary amides is 1. The summed E-state index contributed by atoms with van der Waals surface area (Å²) in [5.41, 5.74) is 6.52. The van der Waals surface area contributed by atoms with Crippen LogP contribution >= 0.6 is 35.6 Å². The van der Waals surface area contributed by atoms with Crippen molar-refractivity contribution in [3.8, 4) is 11.5 Å². The number of hydrogen-bond donors (Lipinski definition) is 3. The fraction of sp³-hybridized carbons (Fsp3) is 0.316. The Balaban J connectivity index is 0.00000480. The van der Waals surface area contributed by atoms with Gasteiger partial charge in [0.2, 0.25) is 0 Å². The molecule has 4 N–H and O–H groups in total. The maximum absolute atomic E-state index is 11.0. The Morgan fingerprint density at radius 3 is 2.52 bits per heavy atom. The predicted molar refractivity (Wildman–Crippen MR) is 123 cm³/mol. The quantitative estimate of drug-likeness (QED) is 0.233. The molecule has 0 radical (unpaired) electrons. The molecule has 2 aromatic carbocycles. The Bertz CT molecular complexity index is 914. The van der Waals surface area contributed by atoms with Gasteiger partial charge in [-0.05, 0) is 30.7 Å². The number of hydrogen-bond acceptors (Lipinski definition) is 7. The molecule has 170 valence electrons. The summed E-state index contributed by atoms with van der Waals surface area (Å²) in [7, 11) is 0. The van der Waals surface area contributed by atoms with E-state index in [0.717, 1.165) is 5.56 Å². The lowest BCUT2D eigenvalue weighted by Crippen LogP contribution is -2.22. The number of ether oxygens (including phenoxy) is 2. The average molecular weight is 494 g/mol. The summed E-state index contributed by atoms with van der Waals surface area (Å²) in [6, 6.07) is 7.75. The van der Waals surface area contributed by atoms with Crippen molar-refractivity contribution in [3.63, 3.8) is 0 Å². The predicted octanol–water partition coefficient (Wildman–Crippen LogP) is 3.79. The number of non-ortho nitro benzene ring substituents is 1. The number of nitro groups is 1. The van der Waals surface area contributed by atoms with Gasteiger partial charge in [0.25, 0.3) is 11.6 Å². The van der Waals surface area contributed by atoms with Crippen LogP contribution in [0.25, 0.3) is 0 Å². The molecule has 0 bridgehead atoms. The Labute approximate surface area is 195 Å². The molecular formula is C19H23Cl3N4O5. The first-order chi connectivity index (χ1) is 14.3. The molecule has 2 aromatic rings. The van der Waals surface area contributed by atoms with E-state index >= 15 is 0 Å². The average Bonchev–Trinajstić information content (AvgIpc) is 2.68. The number of nitrogens with one attached hydrogen (secondary N) is 2. The molecule has 0 aliphatic carbocycles. The monoisotopic (exact) mass is 492 g/mol. The molecule has 0 aliphatic heterocycles. The number of carbonyl (C=O) groups is 1. The number of halogens is 3. The van der Waals surface area contributed by atoms with Crippen molar-refractivity contribution in [1.29, 1.82) is 0 Å². The van der Waals surface area contributed by atoms with Gasteiger partial charge >= 0.3 is 0 Å². The molecule has 0 saturated heterocycles. The molecule has 0 atom stereocenters. The van der Waals surface area contributed by atoms with Crippen molar-refractivity contribution in [1.82, 2.24) is 5.32 Å². The largest absolute Gasteiger partial charge is 0.490 e. The molecular weight excluding hydrogens is 471 g/mol. The van der Waals surface area contributed by atoms with Crippen LogP contribution in [-0.2, 0) is 11.3 Å². The second-order valence-electron chi connectivity index (χ2n) is 6.12. The molecule has 2 rings (SSSR count). The Kier molecular flexibility index (Phi) is 11.2. The van der Waals surface area contributed by atoms with Gasteiger partial charge in [-0.2, -0.15) is 0 Å². The van der Waals surface area contributed by atoms with Gasteiger partial charge in [-0.1, -0.05) is 23.2 Å². The normalized spacial score (nSPS) is 10.2. The van der Waals surface area contributed by atoms with Crippen molar-refractivity contribution in [2.75, 3.05) is 31.6 Å². The van der Waals surface area contributed by atoms with Gasteiger partial charge < -0.3 is 25.8 Å². The third kappa shape index (κ3) is 8.29. The minimum Gasteiger partial charge on any atom is -0.490 e. The van der Waals surface area contributed by atoms with Gasteiger partial charge in [0, 0.05) is 31.8 Å². The van der Waals surface area contributed by atoms with E-state index in [-0.39, 0.29) is 35.5 Å². The van der Waals surface area contributed by atoms with Crippen LogP contribution in [0.5, 0.6) is 11.5 Å². The molecule has 12 heteroatoms. The van der Waals surface area contributed by atoms with Crippen LogP contribution in [0.1, 0.15) is 12.5 Å². The highest BCUT2D eigenvalue weighted by atomic mass is 35.5. The molecule has 9 nitrogen and oxygen atoms in total. The van der Waals surface area contributed by atoms with Crippen molar-refractivity contribution >= 4 is 52.9 Å². The van der Waals surface area contributed by atoms with Gasteiger partial charge in [0.05, 0.1) is 27.3 Å². The number of benzene rings is 2. The molecule has 0 aliphatic rings. The van der Waals surface area contributed by atoms with E-state index < -0.39 is 10.8 Å². The highest BCUT2D eigenvalue weighted by Crippen LogP contribution is 2.36. The molecule has 31 heavy (non-hydrogen) atoms. The summed E-state index contributed by atoms with van der Waals surface area (Å²) in [4.78, 5) is 21.2. The highest BCUT2D eigenvalue weighted by molar-refractivity contribution is 6.33. The summed E-state index contributed by atoms with van der Waals surface area (Å²) < 4.78 is 10.9. The fourth-order valence-electron chi connectivity index (χ4n) is 2.55. The van der Waals surface area contributed by atoms with E-state index in [0.29, 0.717) is 42.7 Å². The first kappa shape index (κ1) is 26.6. The van der Waals surface area contributed by atoms with Gasteiger partial charge in [-0.3, -0.25) is 14.9 Å². The van der Waals surface area contributed by atoms with Crippen LogP contribution < -0.4 is 25.8 Å². The van der Waals surface area contributed by atoms with Crippen LogP contribution in [0, 0.1) is 10.1 Å². The van der Waals surface area contributed by atoms with Gasteiger partial charge in [-0.25, -0.2) is 0 Å². The number of carbonyl (C=O) groups excluding carboxylic acids is 1. The third-order valence-corrected chi connectivity index (χ3v) is 4.43. The van der Waals surface area contributed by atoms with Crippen molar-refractivity contribution in [2.45, 2.75) is 13.5 Å². The van der Waals surface area contributed by atoms with E-state index in [1.807, 2.05) is 6.92 Å². The summed E-state index contributed by atoms with van der Waals surface area (Å²) >= 11 is 12.3. The number of nitrogens with zero attached hydrogens (tertiary/aromatic N) is 1. The first-order valence-electron chi connectivity index (χ1n) is 9.06. The van der Waals surface area contributed by atoms with Crippen LogP contribution in [0.3, 0.4) is 0 Å². The van der Waals surface area contributed by atoms with Gasteiger partial charge in [-0.15, -0.1) is 12.4 Å². The SMILES string of the molecule is CCOc1cc(CNCCNc2ccc([N+](=O)[O-])cc2Cl)cc(Cl)c1OCC(N)=O.Cl. The molecule has 0 fully saturated rings. The van der Waals surface area contributed by atoms with Crippen LogP contribution in [0.4, 0.5) is 11.4 Å². The summed E-state index contributed by atoms with van der Waals surface area (Å²) in [6.07, 6.45) is 0. The number of anilines is 1.